The summed E-state index contributed by atoms with van der Waals surface area (Å²) < 4.78 is 29.4. The zero-order valence-electron chi connectivity index (χ0n) is 26.4. The quantitative estimate of drug-likeness (QED) is 0.160. The first-order valence-electron chi connectivity index (χ1n) is 15.1. The van der Waals surface area contributed by atoms with Gasteiger partial charge in [0.1, 0.15) is 12.6 Å². The van der Waals surface area contributed by atoms with E-state index in [1.54, 1.807) is 12.1 Å². The maximum Gasteiger partial charge on any atom is 0.264 e. The van der Waals surface area contributed by atoms with Crippen molar-refractivity contribution >= 4 is 50.7 Å². The Morgan fingerprint density at radius 1 is 0.804 bits per heavy atom. The lowest BCUT2D eigenvalue weighted by Crippen LogP contribution is -2.54. The Balaban J connectivity index is 1.83. The highest BCUT2D eigenvalue weighted by Gasteiger charge is 2.35. The van der Waals surface area contributed by atoms with Crippen molar-refractivity contribution in [3.05, 3.63) is 129 Å². The Bertz CT molecular complexity index is 1770. The van der Waals surface area contributed by atoms with Crippen LogP contribution in [0.25, 0.3) is 0 Å². The molecule has 4 aromatic carbocycles. The van der Waals surface area contributed by atoms with Crippen LogP contribution in [-0.4, -0.2) is 43.8 Å². The molecular weight excluding hydrogens is 641 g/mol. The third kappa shape index (κ3) is 8.90. The van der Waals surface area contributed by atoms with Crippen molar-refractivity contribution in [3.8, 4) is 0 Å². The van der Waals surface area contributed by atoms with Crippen LogP contribution in [-0.2, 0) is 32.6 Å². The molecule has 242 valence electrons. The topological polar surface area (TPSA) is 86.8 Å². The molecule has 0 aliphatic heterocycles. The van der Waals surface area contributed by atoms with E-state index in [-0.39, 0.29) is 45.5 Å². The van der Waals surface area contributed by atoms with Gasteiger partial charge in [0, 0.05) is 19.0 Å². The lowest BCUT2D eigenvalue weighted by Gasteiger charge is -2.34. The number of benzene rings is 4. The number of halogens is 2. The number of aryl methyl sites for hydroxylation is 2. The number of nitrogens with one attached hydrogen (secondary N) is 1. The van der Waals surface area contributed by atoms with Crippen LogP contribution >= 0.6 is 23.2 Å². The average Bonchev–Trinajstić information content (AvgIpc) is 3.03. The van der Waals surface area contributed by atoms with Gasteiger partial charge in [-0.15, -0.1) is 0 Å². The first-order valence-corrected chi connectivity index (χ1v) is 17.3. The summed E-state index contributed by atoms with van der Waals surface area (Å²) in [5, 5.41) is 3.43. The molecule has 2 atom stereocenters. The Hall–Kier alpha value is -3.85. The molecule has 0 fully saturated rings. The maximum atomic E-state index is 14.6. The zero-order chi connectivity index (χ0) is 33.4. The minimum absolute atomic E-state index is 0.0116. The van der Waals surface area contributed by atoms with Gasteiger partial charge in [0.2, 0.25) is 11.8 Å². The molecule has 0 unspecified atom stereocenters. The summed E-state index contributed by atoms with van der Waals surface area (Å²) >= 11 is 12.5. The van der Waals surface area contributed by atoms with E-state index in [9.17, 15) is 18.0 Å². The SMILES string of the molecule is CC[C@@H](C)NC(=O)[C@H](Cc1ccccc1)N(Cc1cccc(C)c1)C(=O)CN(c1ccc(Cl)c(Cl)c1)S(=O)(=O)c1ccc(C)cc1. The molecule has 4 aromatic rings. The number of hydrogen-bond donors (Lipinski definition) is 1. The summed E-state index contributed by atoms with van der Waals surface area (Å²) in [4.78, 5) is 30.0. The number of anilines is 1. The van der Waals surface area contributed by atoms with E-state index in [1.807, 2.05) is 82.3 Å². The van der Waals surface area contributed by atoms with Crippen LogP contribution in [0.4, 0.5) is 5.69 Å². The summed E-state index contributed by atoms with van der Waals surface area (Å²) in [6, 6.07) is 26.9. The highest BCUT2D eigenvalue weighted by molar-refractivity contribution is 7.92. The Morgan fingerprint density at radius 2 is 1.48 bits per heavy atom. The molecule has 7 nitrogen and oxygen atoms in total. The van der Waals surface area contributed by atoms with Crippen LogP contribution < -0.4 is 9.62 Å². The Labute approximate surface area is 282 Å². The predicted octanol–water partition coefficient (Wildman–Crippen LogP) is 7.36. The normalized spacial score (nSPS) is 12.7. The van der Waals surface area contributed by atoms with E-state index in [4.69, 9.17) is 23.2 Å². The van der Waals surface area contributed by atoms with Crippen molar-refractivity contribution in [2.75, 3.05) is 10.8 Å². The molecule has 0 heterocycles. The zero-order valence-corrected chi connectivity index (χ0v) is 28.7. The first kappa shape index (κ1) is 35.0. The Morgan fingerprint density at radius 3 is 2.11 bits per heavy atom. The van der Waals surface area contributed by atoms with Gasteiger partial charge in [-0.2, -0.15) is 0 Å². The van der Waals surface area contributed by atoms with Crippen LogP contribution in [0.1, 0.15) is 42.5 Å². The number of carbonyl (C=O) groups excluding carboxylic acids is 2. The van der Waals surface area contributed by atoms with Crippen molar-refractivity contribution in [3.63, 3.8) is 0 Å². The lowest BCUT2D eigenvalue weighted by molar-refractivity contribution is -0.140. The molecule has 10 heteroatoms. The summed E-state index contributed by atoms with van der Waals surface area (Å²) in [6.45, 7) is 7.19. The molecule has 4 rings (SSSR count). The fraction of sp³-hybridized carbons (Fsp3) is 0.278. The van der Waals surface area contributed by atoms with Crippen LogP contribution in [0.3, 0.4) is 0 Å². The van der Waals surface area contributed by atoms with Gasteiger partial charge in [0.05, 0.1) is 20.6 Å². The van der Waals surface area contributed by atoms with E-state index < -0.39 is 28.5 Å². The monoisotopic (exact) mass is 679 g/mol. The van der Waals surface area contributed by atoms with E-state index in [1.165, 1.54) is 35.2 Å². The van der Waals surface area contributed by atoms with Gasteiger partial charge in [-0.05, 0) is 68.7 Å². The maximum absolute atomic E-state index is 14.6. The molecule has 0 saturated heterocycles. The lowest BCUT2D eigenvalue weighted by atomic mass is 10.0. The molecule has 0 spiro atoms. The van der Waals surface area contributed by atoms with Gasteiger partial charge in [0.15, 0.2) is 0 Å². The summed E-state index contributed by atoms with van der Waals surface area (Å²) in [5.74, 6) is -0.870. The number of amides is 2. The van der Waals surface area contributed by atoms with E-state index in [2.05, 4.69) is 5.32 Å². The number of rotatable bonds is 13. The molecule has 46 heavy (non-hydrogen) atoms. The van der Waals surface area contributed by atoms with E-state index in [0.717, 1.165) is 26.6 Å². The average molecular weight is 681 g/mol. The number of nitrogens with zero attached hydrogens (tertiary/aromatic N) is 2. The van der Waals surface area contributed by atoms with Gasteiger partial charge in [-0.1, -0.05) is 108 Å². The second-order valence-corrected chi connectivity index (χ2v) is 14.1. The van der Waals surface area contributed by atoms with Crippen molar-refractivity contribution < 1.29 is 18.0 Å². The number of carbonyl (C=O) groups is 2. The molecule has 0 aliphatic carbocycles. The minimum atomic E-state index is -4.25. The van der Waals surface area contributed by atoms with Crippen LogP contribution in [0.5, 0.6) is 0 Å². The molecule has 0 bridgehead atoms. The standard InChI is InChI=1S/C36H39Cl2N3O4S/c1-5-27(4)39-36(43)34(21-28-11-7-6-8-12-28)40(23-29-13-9-10-26(3)20-29)35(42)24-41(30-16-19-32(37)33(38)22-30)46(44,45)31-17-14-25(2)15-18-31/h6-20,22,27,34H,5,21,23-24H2,1-4H3,(H,39,43)/t27-,34+/m1/s1. The fourth-order valence-electron chi connectivity index (χ4n) is 5.01. The third-order valence-electron chi connectivity index (χ3n) is 7.79. The largest absolute Gasteiger partial charge is 0.352 e. The van der Waals surface area contributed by atoms with Gasteiger partial charge in [0.25, 0.3) is 10.0 Å². The van der Waals surface area contributed by atoms with Gasteiger partial charge < -0.3 is 10.2 Å². The second-order valence-electron chi connectivity index (χ2n) is 11.5. The molecule has 2 amide bonds. The fourth-order valence-corrected chi connectivity index (χ4v) is 6.71. The number of hydrogen-bond acceptors (Lipinski definition) is 4. The van der Waals surface area contributed by atoms with Crippen LogP contribution in [0.2, 0.25) is 10.0 Å². The molecule has 0 saturated carbocycles. The van der Waals surface area contributed by atoms with Gasteiger partial charge in [-0.25, -0.2) is 8.42 Å². The smallest absolute Gasteiger partial charge is 0.264 e. The number of sulfonamides is 1. The van der Waals surface area contributed by atoms with Gasteiger partial charge >= 0.3 is 0 Å². The molecule has 0 aliphatic rings. The third-order valence-corrected chi connectivity index (χ3v) is 10.3. The molecular formula is C36H39Cl2N3O4S. The van der Waals surface area contributed by atoms with E-state index in [0.29, 0.717) is 6.42 Å². The summed E-state index contributed by atoms with van der Waals surface area (Å²) in [5.41, 5.74) is 3.72. The molecule has 0 radical (unpaired) electrons. The highest BCUT2D eigenvalue weighted by Crippen LogP contribution is 2.31. The molecule has 1 N–H and O–H groups in total. The molecule has 0 aromatic heterocycles. The van der Waals surface area contributed by atoms with Crippen molar-refractivity contribution in [2.45, 2.75) is 64.1 Å². The van der Waals surface area contributed by atoms with Crippen molar-refractivity contribution in [1.82, 2.24) is 10.2 Å². The van der Waals surface area contributed by atoms with Crippen molar-refractivity contribution in [1.29, 1.82) is 0 Å². The Kier molecular flexibility index (Phi) is 11.9. The van der Waals surface area contributed by atoms with E-state index >= 15 is 0 Å². The van der Waals surface area contributed by atoms with Crippen LogP contribution in [0.15, 0.2) is 102 Å². The first-order chi connectivity index (χ1) is 21.9. The minimum Gasteiger partial charge on any atom is -0.352 e. The predicted molar refractivity (Wildman–Crippen MR) is 186 cm³/mol. The van der Waals surface area contributed by atoms with Crippen LogP contribution in [0, 0.1) is 13.8 Å². The summed E-state index contributed by atoms with van der Waals surface area (Å²) in [6.07, 6.45) is 0.938. The summed E-state index contributed by atoms with van der Waals surface area (Å²) in [7, 11) is -4.25. The van der Waals surface area contributed by atoms with Crippen molar-refractivity contribution in [2.24, 2.45) is 0 Å². The highest BCUT2D eigenvalue weighted by atomic mass is 35.5. The van der Waals surface area contributed by atoms with Gasteiger partial charge in [-0.3, -0.25) is 13.9 Å². The second kappa shape index (κ2) is 15.6.